The molecule has 3 aromatic carbocycles. The van der Waals surface area contributed by atoms with Crippen molar-refractivity contribution in [2.45, 2.75) is 117 Å². The number of nitrogens with one attached hydrogen (secondary N) is 2. The van der Waals surface area contributed by atoms with Gasteiger partial charge < -0.3 is 19.9 Å². The lowest BCUT2D eigenvalue weighted by molar-refractivity contribution is -0.250. The third-order valence-corrected chi connectivity index (χ3v) is 19.0. The Kier molecular flexibility index (Phi) is 15.3. The van der Waals surface area contributed by atoms with Gasteiger partial charge in [0.2, 0.25) is 6.43 Å². The van der Waals surface area contributed by atoms with Crippen LogP contribution in [0, 0.1) is 16.2 Å². The van der Waals surface area contributed by atoms with Crippen molar-refractivity contribution >= 4 is 48.9 Å². The van der Waals surface area contributed by atoms with Crippen molar-refractivity contribution in [2.24, 2.45) is 16.2 Å². The van der Waals surface area contributed by atoms with Crippen molar-refractivity contribution < 1.29 is 48.3 Å². The molecular weight excluding hydrogens is 958 g/mol. The van der Waals surface area contributed by atoms with Crippen molar-refractivity contribution in [2.75, 3.05) is 74.9 Å². The zero-order valence-corrected chi connectivity index (χ0v) is 42.0. The van der Waals surface area contributed by atoms with Gasteiger partial charge in [0.05, 0.1) is 16.7 Å². The van der Waals surface area contributed by atoms with Crippen molar-refractivity contribution in [3.63, 3.8) is 0 Å². The molecule has 1 atom stereocenters. The van der Waals surface area contributed by atoms with Gasteiger partial charge in [0, 0.05) is 92.3 Å². The van der Waals surface area contributed by atoms with E-state index in [0.29, 0.717) is 63.7 Å². The van der Waals surface area contributed by atoms with Crippen molar-refractivity contribution in [1.82, 2.24) is 14.5 Å². The van der Waals surface area contributed by atoms with Crippen LogP contribution < -0.4 is 14.9 Å². The number of thioether (sulfide) groups is 1. The van der Waals surface area contributed by atoms with Gasteiger partial charge in [-0.05, 0) is 130 Å². The first-order valence-electron chi connectivity index (χ1n) is 24.0. The fourth-order valence-corrected chi connectivity index (χ4v) is 14.1. The predicted molar refractivity (Wildman–Crippen MR) is 259 cm³/mol. The lowest BCUT2D eigenvalue weighted by Gasteiger charge is -2.72. The maximum atomic E-state index is 14.3. The first kappa shape index (κ1) is 51.6. The number of rotatable bonds is 19. The molecule has 3 aromatic rings. The van der Waals surface area contributed by atoms with Crippen LogP contribution in [0.25, 0.3) is 0 Å². The average Bonchev–Trinajstić information content (AvgIpc) is 3.27. The smallest absolute Gasteiger partial charge is 0.380 e. The zero-order valence-electron chi connectivity index (χ0n) is 39.5. The van der Waals surface area contributed by atoms with Crippen LogP contribution in [-0.4, -0.2) is 121 Å². The number of nitrogens with zero attached hydrogens (tertiary/aromatic N) is 3. The molecule has 3 saturated carbocycles. The molecule has 69 heavy (non-hydrogen) atoms. The first-order chi connectivity index (χ1) is 32.6. The Bertz CT molecular complexity index is 2540. The van der Waals surface area contributed by atoms with E-state index in [9.17, 15) is 43.6 Å². The molecule has 0 unspecified atom stereocenters. The number of likely N-dealkylation sites (tertiary alicyclic amines) is 1. The summed E-state index contributed by atoms with van der Waals surface area (Å²) in [5.74, 6) is -0.677. The number of carbonyl (C=O) groups is 1. The summed E-state index contributed by atoms with van der Waals surface area (Å²) in [7, 11) is -10.9. The van der Waals surface area contributed by atoms with E-state index in [4.69, 9.17) is 4.74 Å². The lowest BCUT2D eigenvalue weighted by Crippen LogP contribution is -2.66. The van der Waals surface area contributed by atoms with Crippen LogP contribution in [0.2, 0.25) is 0 Å². The van der Waals surface area contributed by atoms with Gasteiger partial charge in [-0.3, -0.25) is 9.69 Å². The molecule has 0 spiro atoms. The second kappa shape index (κ2) is 20.4. The van der Waals surface area contributed by atoms with Crippen LogP contribution in [0.15, 0.2) is 98.6 Å². The number of carbonyl (C=O) groups excluding carboxylic acids is 1. The Hall–Kier alpha value is -3.75. The third kappa shape index (κ3) is 11.5. The molecule has 2 aliphatic heterocycles. The number of amides is 1. The van der Waals surface area contributed by atoms with E-state index in [1.165, 1.54) is 35.0 Å². The minimum Gasteiger partial charge on any atom is -0.380 e. The largest absolute Gasteiger partial charge is 0.501 e. The summed E-state index contributed by atoms with van der Waals surface area (Å²) in [6, 6.07) is 17.6. The molecule has 0 radical (unpaired) electrons. The highest BCUT2D eigenvalue weighted by Gasteiger charge is 2.73. The molecule has 6 aliphatic rings. The molecule has 5 fully saturated rings. The van der Waals surface area contributed by atoms with Crippen LogP contribution in [0.4, 0.5) is 33.3 Å². The summed E-state index contributed by atoms with van der Waals surface area (Å²) in [6.45, 7) is 13.0. The number of ether oxygens (including phenoxy) is 1. The number of hydrogen-bond donors (Lipinski definition) is 2. The summed E-state index contributed by atoms with van der Waals surface area (Å²) in [4.78, 5) is 19.0. The molecule has 2 N–H and O–H groups in total. The number of anilines is 2. The van der Waals surface area contributed by atoms with Gasteiger partial charge >= 0.3 is 5.51 Å². The highest BCUT2D eigenvalue weighted by molar-refractivity contribution is 7.99. The molecule has 2 bridgehead atoms. The van der Waals surface area contributed by atoms with E-state index in [0.717, 1.165) is 87.5 Å². The van der Waals surface area contributed by atoms with Gasteiger partial charge in [-0.15, -0.1) is 11.8 Å². The molecule has 4 aliphatic carbocycles. The van der Waals surface area contributed by atoms with Crippen molar-refractivity contribution in [3.8, 4) is 0 Å². The number of piperazine rings is 1. The fraction of sp³-hybridized carbons (Fsp3) is 0.580. The summed E-state index contributed by atoms with van der Waals surface area (Å²) >= 11 is 1.45. The SMILES string of the molecule is CCOC1CCN(CC[C@H](CSc2ccccc2)Nc2ccc(S(=O)(=O)NC(=O)c3ccc(N4CCN(CC5=C(C67CC(C(F)F)(C6)C7)CC(C)(C)CC5)CC4)cc3)cc2S(=O)(=O)C(F)(F)F)CC1. The van der Waals surface area contributed by atoms with Gasteiger partial charge in [0.25, 0.3) is 25.8 Å². The Morgan fingerprint density at radius 1 is 0.884 bits per heavy atom. The normalized spacial score (nSPS) is 24.2. The van der Waals surface area contributed by atoms with E-state index in [1.54, 1.807) is 12.1 Å². The summed E-state index contributed by atoms with van der Waals surface area (Å²) in [5.41, 5.74) is -3.19. The highest BCUT2D eigenvalue weighted by Crippen LogP contribution is 2.79. The van der Waals surface area contributed by atoms with Gasteiger partial charge in [-0.25, -0.2) is 30.3 Å². The molecule has 11 nitrogen and oxygen atoms in total. The molecule has 19 heteroatoms. The molecule has 9 rings (SSSR count). The topological polar surface area (TPSA) is 128 Å². The molecular formula is C50H64F5N5O6S3. The first-order valence-corrected chi connectivity index (χ1v) is 27.9. The monoisotopic (exact) mass is 1020 g/mol. The van der Waals surface area contributed by atoms with E-state index in [2.05, 4.69) is 33.9 Å². The zero-order chi connectivity index (χ0) is 49.4. The Balaban J connectivity index is 0.914. The third-order valence-electron chi connectivity index (χ3n) is 15.0. The maximum Gasteiger partial charge on any atom is 0.501 e. The number of sulfonamides is 1. The number of allylic oxidation sites excluding steroid dienone is 1. The van der Waals surface area contributed by atoms with E-state index in [-0.39, 0.29) is 22.5 Å². The predicted octanol–water partition coefficient (Wildman–Crippen LogP) is 9.63. The maximum absolute atomic E-state index is 14.3. The second-order valence-corrected chi connectivity index (χ2v) is 25.2. The lowest BCUT2D eigenvalue weighted by atomic mass is 9.32. The van der Waals surface area contributed by atoms with E-state index < -0.39 is 64.6 Å². The van der Waals surface area contributed by atoms with E-state index in [1.807, 2.05) is 42.0 Å². The average molecular weight is 1020 g/mol. The number of piperidine rings is 1. The molecule has 0 aromatic heterocycles. The quantitative estimate of drug-likeness (QED) is 0.0677. The summed E-state index contributed by atoms with van der Waals surface area (Å²) in [5, 5.41) is 3.02. The fourth-order valence-electron chi connectivity index (χ4n) is 11.1. The molecule has 2 heterocycles. The second-order valence-electron chi connectivity index (χ2n) is 20.5. The standard InChI is InChI=1S/C50H64F5N5O6S3/c1-4-66-39-18-22-58(23-19-39)21-17-37(31-67-40-8-6-5-7-9-40)56-43-15-14-41(28-44(43)68(62,63)50(53,54)55)69(64,65)57-45(61)35-10-12-38(13-11-35)60-26-24-59(25-27-60)30-36-16-20-47(2,3)29-42(36)48-32-49(33-48,34-48)46(51)52/h5-15,28,37,39,46,56H,4,16-27,29-34H2,1-3H3,(H,57,61)/t37-,48?,49?/m1/s1. The molecule has 1 amide bonds. The Labute approximate surface area is 407 Å². The number of halogens is 5. The van der Waals surface area contributed by atoms with Crippen LogP contribution in [0.3, 0.4) is 0 Å². The number of hydrogen-bond acceptors (Lipinski definition) is 11. The minimum absolute atomic E-state index is 0.0230. The van der Waals surface area contributed by atoms with Crippen LogP contribution in [0.1, 0.15) is 88.9 Å². The summed E-state index contributed by atoms with van der Waals surface area (Å²) < 4.78 is 132. The Morgan fingerprint density at radius 2 is 1.55 bits per heavy atom. The van der Waals surface area contributed by atoms with Gasteiger partial charge in [-0.2, -0.15) is 13.2 Å². The number of alkyl halides is 5. The van der Waals surface area contributed by atoms with Crippen LogP contribution >= 0.6 is 11.8 Å². The molecule has 378 valence electrons. The number of benzene rings is 3. The van der Waals surface area contributed by atoms with Crippen LogP contribution in [-0.2, 0) is 24.6 Å². The van der Waals surface area contributed by atoms with Crippen molar-refractivity contribution in [3.05, 3.63) is 89.5 Å². The van der Waals surface area contributed by atoms with E-state index >= 15 is 0 Å². The van der Waals surface area contributed by atoms with Gasteiger partial charge in [-0.1, -0.05) is 43.2 Å². The minimum atomic E-state index is -6.08. The Morgan fingerprint density at radius 3 is 2.17 bits per heavy atom. The highest BCUT2D eigenvalue weighted by atomic mass is 32.2. The molecule has 2 saturated heterocycles. The van der Waals surface area contributed by atoms with Gasteiger partial charge in [0.1, 0.15) is 4.90 Å². The summed E-state index contributed by atoms with van der Waals surface area (Å²) in [6.07, 6.45) is 4.85. The van der Waals surface area contributed by atoms with Crippen LogP contribution in [0.5, 0.6) is 0 Å². The van der Waals surface area contributed by atoms with Gasteiger partial charge in [0.15, 0.2) is 0 Å². The number of sulfone groups is 1. The van der Waals surface area contributed by atoms with Crippen molar-refractivity contribution in [1.29, 1.82) is 0 Å².